The first kappa shape index (κ1) is 9.75. The molecule has 1 unspecified atom stereocenters. The third kappa shape index (κ3) is 1.70. The Morgan fingerprint density at radius 3 is 2.93 bits per heavy atom. The molecular weight excluding hydrogens is 176 g/mol. The van der Waals surface area contributed by atoms with Crippen molar-refractivity contribution in [3.05, 3.63) is 11.6 Å². The highest BCUT2D eigenvalue weighted by Crippen LogP contribution is 2.49. The van der Waals surface area contributed by atoms with E-state index in [2.05, 4.69) is 6.08 Å². The summed E-state index contributed by atoms with van der Waals surface area (Å²) in [5.74, 6) is -0.625. The van der Waals surface area contributed by atoms with Gasteiger partial charge in [0.05, 0.1) is 6.42 Å². The minimum atomic E-state index is -0.625. The van der Waals surface area contributed by atoms with Gasteiger partial charge in [0.2, 0.25) is 0 Å². The van der Waals surface area contributed by atoms with Crippen LogP contribution in [0.3, 0.4) is 0 Å². The van der Waals surface area contributed by atoms with Crippen molar-refractivity contribution in [1.29, 1.82) is 0 Å². The fourth-order valence-electron chi connectivity index (χ4n) is 3.11. The highest BCUT2D eigenvalue weighted by molar-refractivity contribution is 5.68. The van der Waals surface area contributed by atoms with Gasteiger partial charge in [-0.1, -0.05) is 18.1 Å². The monoisotopic (exact) mass is 194 g/mol. The summed E-state index contributed by atoms with van der Waals surface area (Å²) in [6.07, 6.45) is 10.8. The first-order valence-electron chi connectivity index (χ1n) is 5.64. The van der Waals surface area contributed by atoms with Gasteiger partial charge in [0.25, 0.3) is 0 Å². The van der Waals surface area contributed by atoms with Gasteiger partial charge in [0.1, 0.15) is 0 Å². The molecular formula is C12H18O2. The Morgan fingerprint density at radius 1 is 1.36 bits per heavy atom. The van der Waals surface area contributed by atoms with Gasteiger partial charge in [-0.25, -0.2) is 0 Å². The molecule has 78 valence electrons. The van der Waals surface area contributed by atoms with Crippen LogP contribution in [0.15, 0.2) is 11.6 Å². The van der Waals surface area contributed by atoms with Crippen LogP contribution in [0.25, 0.3) is 0 Å². The Kier molecular flexibility index (Phi) is 2.62. The van der Waals surface area contributed by atoms with E-state index in [1.165, 1.54) is 24.8 Å². The third-order valence-electron chi connectivity index (χ3n) is 3.77. The highest BCUT2D eigenvalue weighted by Gasteiger charge is 2.38. The van der Waals surface area contributed by atoms with Gasteiger partial charge in [-0.3, -0.25) is 4.79 Å². The molecule has 0 radical (unpaired) electrons. The van der Waals surface area contributed by atoms with Crippen molar-refractivity contribution in [3.63, 3.8) is 0 Å². The van der Waals surface area contributed by atoms with Crippen molar-refractivity contribution in [3.8, 4) is 0 Å². The summed E-state index contributed by atoms with van der Waals surface area (Å²) in [4.78, 5) is 10.9. The Hall–Kier alpha value is -0.790. The summed E-state index contributed by atoms with van der Waals surface area (Å²) < 4.78 is 0. The molecule has 2 rings (SSSR count). The fraction of sp³-hybridized carbons (Fsp3) is 0.750. The van der Waals surface area contributed by atoms with Crippen molar-refractivity contribution in [2.45, 2.75) is 51.4 Å². The first-order chi connectivity index (χ1) is 6.73. The molecule has 2 heteroatoms. The van der Waals surface area contributed by atoms with E-state index in [-0.39, 0.29) is 5.41 Å². The fourth-order valence-corrected chi connectivity index (χ4v) is 3.11. The van der Waals surface area contributed by atoms with Gasteiger partial charge >= 0.3 is 5.97 Å². The zero-order valence-corrected chi connectivity index (χ0v) is 8.59. The van der Waals surface area contributed by atoms with E-state index in [1.807, 2.05) is 0 Å². The van der Waals surface area contributed by atoms with Crippen LogP contribution in [0, 0.1) is 5.41 Å². The Labute approximate surface area is 85.0 Å². The van der Waals surface area contributed by atoms with E-state index in [0.29, 0.717) is 6.42 Å². The van der Waals surface area contributed by atoms with Crippen LogP contribution in [0.5, 0.6) is 0 Å². The molecule has 2 aliphatic carbocycles. The molecule has 0 aliphatic heterocycles. The molecule has 1 atom stereocenters. The van der Waals surface area contributed by atoms with Crippen LogP contribution in [0.4, 0.5) is 0 Å². The maximum absolute atomic E-state index is 10.9. The van der Waals surface area contributed by atoms with E-state index >= 15 is 0 Å². The first-order valence-corrected chi connectivity index (χ1v) is 5.64. The number of hydrogen-bond donors (Lipinski definition) is 1. The minimum absolute atomic E-state index is 0.0579. The smallest absolute Gasteiger partial charge is 0.304 e. The normalized spacial score (nSPS) is 31.9. The molecule has 1 saturated carbocycles. The molecule has 0 aromatic heterocycles. The van der Waals surface area contributed by atoms with E-state index in [9.17, 15) is 4.79 Å². The second-order valence-corrected chi connectivity index (χ2v) is 4.68. The maximum Gasteiger partial charge on any atom is 0.304 e. The predicted octanol–water partition coefficient (Wildman–Crippen LogP) is 3.13. The highest BCUT2D eigenvalue weighted by atomic mass is 16.4. The number of carbonyl (C=O) groups is 1. The average Bonchev–Trinajstić information content (AvgIpc) is 2.16. The summed E-state index contributed by atoms with van der Waals surface area (Å²) in [5.41, 5.74) is 1.51. The van der Waals surface area contributed by atoms with Crippen molar-refractivity contribution in [1.82, 2.24) is 0 Å². The number of carboxylic acids is 1. The van der Waals surface area contributed by atoms with Gasteiger partial charge in [-0.05, 0) is 38.5 Å². The van der Waals surface area contributed by atoms with E-state index in [4.69, 9.17) is 5.11 Å². The molecule has 0 spiro atoms. The summed E-state index contributed by atoms with van der Waals surface area (Å²) in [6, 6.07) is 0. The molecule has 0 bridgehead atoms. The van der Waals surface area contributed by atoms with Crippen LogP contribution in [0.2, 0.25) is 0 Å². The summed E-state index contributed by atoms with van der Waals surface area (Å²) in [5, 5.41) is 8.97. The molecule has 1 fully saturated rings. The molecule has 0 aromatic carbocycles. The largest absolute Gasteiger partial charge is 0.481 e. The lowest BCUT2D eigenvalue weighted by Gasteiger charge is -2.41. The number of hydrogen-bond acceptors (Lipinski definition) is 1. The zero-order chi connectivity index (χ0) is 10.0. The summed E-state index contributed by atoms with van der Waals surface area (Å²) >= 11 is 0. The lowest BCUT2D eigenvalue weighted by atomic mass is 9.63. The van der Waals surface area contributed by atoms with Crippen molar-refractivity contribution >= 4 is 5.97 Å². The number of aliphatic carboxylic acids is 1. The van der Waals surface area contributed by atoms with E-state index in [0.717, 1.165) is 25.7 Å². The Bertz CT molecular complexity index is 267. The number of rotatable bonds is 2. The SMILES string of the molecule is O=C(O)CC12CCCC=C1CCCC2. The van der Waals surface area contributed by atoms with Crippen LogP contribution in [0.1, 0.15) is 51.4 Å². The second kappa shape index (κ2) is 3.76. The molecule has 0 amide bonds. The molecule has 1 N–H and O–H groups in total. The van der Waals surface area contributed by atoms with Crippen LogP contribution in [-0.2, 0) is 4.79 Å². The maximum atomic E-state index is 10.9. The van der Waals surface area contributed by atoms with Crippen LogP contribution < -0.4 is 0 Å². The van der Waals surface area contributed by atoms with Gasteiger partial charge < -0.3 is 5.11 Å². The second-order valence-electron chi connectivity index (χ2n) is 4.68. The number of allylic oxidation sites excluding steroid dienone is 2. The van der Waals surface area contributed by atoms with Gasteiger partial charge in [-0.2, -0.15) is 0 Å². The topological polar surface area (TPSA) is 37.3 Å². The van der Waals surface area contributed by atoms with Crippen molar-refractivity contribution < 1.29 is 9.90 Å². The molecule has 0 aromatic rings. The number of carboxylic acid groups (broad SMARTS) is 1. The zero-order valence-electron chi connectivity index (χ0n) is 8.59. The van der Waals surface area contributed by atoms with Gasteiger partial charge in [0, 0.05) is 5.41 Å². The van der Waals surface area contributed by atoms with E-state index < -0.39 is 5.97 Å². The lowest BCUT2D eigenvalue weighted by molar-refractivity contribution is -0.139. The van der Waals surface area contributed by atoms with Crippen molar-refractivity contribution in [2.24, 2.45) is 5.41 Å². The van der Waals surface area contributed by atoms with Crippen LogP contribution in [-0.4, -0.2) is 11.1 Å². The quantitative estimate of drug-likeness (QED) is 0.686. The predicted molar refractivity (Wildman–Crippen MR) is 55.1 cm³/mol. The summed E-state index contributed by atoms with van der Waals surface area (Å²) in [7, 11) is 0. The molecule has 2 aliphatic rings. The van der Waals surface area contributed by atoms with E-state index in [1.54, 1.807) is 0 Å². The van der Waals surface area contributed by atoms with Gasteiger partial charge in [-0.15, -0.1) is 0 Å². The lowest BCUT2D eigenvalue weighted by Crippen LogP contribution is -2.31. The van der Waals surface area contributed by atoms with Crippen molar-refractivity contribution in [2.75, 3.05) is 0 Å². The Morgan fingerprint density at radius 2 is 2.14 bits per heavy atom. The molecule has 0 saturated heterocycles. The van der Waals surface area contributed by atoms with Gasteiger partial charge in [0.15, 0.2) is 0 Å². The Balaban J connectivity index is 2.21. The minimum Gasteiger partial charge on any atom is -0.481 e. The average molecular weight is 194 g/mol. The molecule has 14 heavy (non-hydrogen) atoms. The van der Waals surface area contributed by atoms with Crippen LogP contribution >= 0.6 is 0 Å². The molecule has 2 nitrogen and oxygen atoms in total. The summed E-state index contributed by atoms with van der Waals surface area (Å²) in [6.45, 7) is 0. The molecule has 0 heterocycles. The third-order valence-corrected chi connectivity index (χ3v) is 3.77. The standard InChI is InChI=1S/C12H18O2/c13-11(14)9-12-7-3-1-5-10(12)6-2-4-8-12/h5H,1-4,6-9H2,(H,13,14). The number of fused-ring (bicyclic) bond motifs is 1.